The summed E-state index contributed by atoms with van der Waals surface area (Å²) in [5, 5.41) is 2.60. The van der Waals surface area contributed by atoms with E-state index in [2.05, 4.69) is 5.32 Å². The van der Waals surface area contributed by atoms with Crippen LogP contribution in [0.3, 0.4) is 0 Å². The van der Waals surface area contributed by atoms with Crippen molar-refractivity contribution >= 4 is 23.4 Å². The molecule has 0 bridgehead atoms. The maximum Gasteiger partial charge on any atom is 0.471 e. The molecule has 0 saturated carbocycles. The Balaban J connectivity index is 1.49. The van der Waals surface area contributed by atoms with E-state index >= 15 is 0 Å². The summed E-state index contributed by atoms with van der Waals surface area (Å²) >= 11 is 0. The van der Waals surface area contributed by atoms with Gasteiger partial charge in [0, 0.05) is 31.2 Å². The number of nitrogens with zero attached hydrogens (tertiary/aromatic N) is 2. The van der Waals surface area contributed by atoms with E-state index in [9.17, 15) is 27.6 Å². The van der Waals surface area contributed by atoms with Crippen LogP contribution in [0.15, 0.2) is 24.3 Å². The van der Waals surface area contributed by atoms with Gasteiger partial charge < -0.3 is 15.1 Å². The van der Waals surface area contributed by atoms with Crippen LogP contribution in [0.5, 0.6) is 0 Å². The predicted molar refractivity (Wildman–Crippen MR) is 95.5 cm³/mol. The van der Waals surface area contributed by atoms with Gasteiger partial charge in [-0.15, -0.1) is 0 Å². The maximum atomic E-state index is 12.5. The number of halogens is 3. The number of aryl methyl sites for hydroxylation is 1. The lowest BCUT2D eigenvalue weighted by molar-refractivity contribution is -0.186. The molecule has 28 heavy (non-hydrogen) atoms. The first-order valence-corrected chi connectivity index (χ1v) is 9.29. The van der Waals surface area contributed by atoms with Crippen molar-refractivity contribution < 1.29 is 27.6 Å². The standard InChI is InChI=1S/C19H22F3N3O3/c20-19(21,22)18(28)24-10-7-14(8-11-24)17(27)23-12-16(26)25-9-3-5-13-4-1-2-6-15(13)25/h1-2,4,6,14H,3,5,7-12H2,(H,23,27). The third kappa shape index (κ3) is 4.45. The number of likely N-dealkylation sites (tertiary alicyclic amines) is 1. The lowest BCUT2D eigenvalue weighted by Gasteiger charge is -2.32. The van der Waals surface area contributed by atoms with Crippen molar-refractivity contribution in [2.24, 2.45) is 5.92 Å². The monoisotopic (exact) mass is 397 g/mol. The van der Waals surface area contributed by atoms with Crippen LogP contribution in [0.2, 0.25) is 0 Å². The fraction of sp³-hybridized carbons (Fsp3) is 0.526. The molecule has 0 aromatic heterocycles. The molecule has 1 aromatic carbocycles. The smallest absolute Gasteiger partial charge is 0.347 e. The Kier molecular flexibility index (Phi) is 5.90. The molecule has 1 saturated heterocycles. The van der Waals surface area contributed by atoms with Crippen LogP contribution in [-0.4, -0.2) is 55.0 Å². The average Bonchev–Trinajstić information content (AvgIpc) is 2.70. The van der Waals surface area contributed by atoms with E-state index in [1.54, 1.807) is 4.90 Å². The number of nitrogens with one attached hydrogen (secondary N) is 1. The molecule has 0 aliphatic carbocycles. The van der Waals surface area contributed by atoms with Gasteiger partial charge in [-0.3, -0.25) is 14.4 Å². The van der Waals surface area contributed by atoms with Gasteiger partial charge in [-0.2, -0.15) is 13.2 Å². The molecule has 0 radical (unpaired) electrons. The van der Waals surface area contributed by atoms with Gasteiger partial charge in [0.15, 0.2) is 0 Å². The first kappa shape index (κ1) is 20.2. The number of para-hydroxylation sites is 1. The number of alkyl halides is 3. The van der Waals surface area contributed by atoms with Gasteiger partial charge in [0.25, 0.3) is 0 Å². The molecule has 6 nitrogen and oxygen atoms in total. The lowest BCUT2D eigenvalue weighted by Crippen LogP contribution is -2.49. The zero-order valence-electron chi connectivity index (χ0n) is 15.3. The van der Waals surface area contributed by atoms with Crippen molar-refractivity contribution in [3.8, 4) is 0 Å². The fourth-order valence-corrected chi connectivity index (χ4v) is 3.72. The molecule has 2 aliphatic rings. The quantitative estimate of drug-likeness (QED) is 0.847. The van der Waals surface area contributed by atoms with Gasteiger partial charge in [-0.1, -0.05) is 18.2 Å². The number of hydrogen-bond acceptors (Lipinski definition) is 3. The van der Waals surface area contributed by atoms with Crippen molar-refractivity contribution in [1.82, 2.24) is 10.2 Å². The summed E-state index contributed by atoms with van der Waals surface area (Å²) in [7, 11) is 0. The molecular weight excluding hydrogens is 375 g/mol. The van der Waals surface area contributed by atoms with Crippen LogP contribution < -0.4 is 10.2 Å². The second-order valence-electron chi connectivity index (χ2n) is 7.06. The summed E-state index contributed by atoms with van der Waals surface area (Å²) in [5.41, 5.74) is 1.95. The van der Waals surface area contributed by atoms with Crippen molar-refractivity contribution in [2.45, 2.75) is 31.9 Å². The molecule has 2 aliphatic heterocycles. The number of rotatable bonds is 3. The number of carbonyl (C=O) groups excluding carboxylic acids is 3. The Morgan fingerprint density at radius 2 is 1.75 bits per heavy atom. The SMILES string of the molecule is O=C(NCC(=O)N1CCCc2ccccc21)C1CCN(C(=O)C(F)(F)F)CC1. The van der Waals surface area contributed by atoms with Gasteiger partial charge in [-0.05, 0) is 37.3 Å². The van der Waals surface area contributed by atoms with Crippen LogP contribution in [0.1, 0.15) is 24.8 Å². The highest BCUT2D eigenvalue weighted by molar-refractivity contribution is 5.97. The summed E-state index contributed by atoms with van der Waals surface area (Å²) in [4.78, 5) is 38.4. The maximum absolute atomic E-state index is 12.5. The highest BCUT2D eigenvalue weighted by Gasteiger charge is 2.43. The van der Waals surface area contributed by atoms with Crippen molar-refractivity contribution in [1.29, 1.82) is 0 Å². The van der Waals surface area contributed by atoms with Crippen molar-refractivity contribution in [3.05, 3.63) is 29.8 Å². The van der Waals surface area contributed by atoms with E-state index < -0.39 is 18.0 Å². The van der Waals surface area contributed by atoms with Crippen LogP contribution >= 0.6 is 0 Å². The topological polar surface area (TPSA) is 69.7 Å². The minimum Gasteiger partial charge on any atom is -0.347 e. The number of fused-ring (bicyclic) bond motifs is 1. The summed E-state index contributed by atoms with van der Waals surface area (Å²) in [5.74, 6) is -2.95. The number of anilines is 1. The van der Waals surface area contributed by atoms with Crippen molar-refractivity contribution in [3.63, 3.8) is 0 Å². The molecule has 1 N–H and O–H groups in total. The highest BCUT2D eigenvalue weighted by Crippen LogP contribution is 2.27. The molecule has 0 unspecified atom stereocenters. The molecule has 2 heterocycles. The van der Waals surface area contributed by atoms with E-state index in [1.165, 1.54) is 0 Å². The number of amides is 3. The average molecular weight is 397 g/mol. The van der Waals surface area contributed by atoms with Gasteiger partial charge >= 0.3 is 12.1 Å². The van der Waals surface area contributed by atoms with E-state index in [0.29, 0.717) is 6.54 Å². The van der Waals surface area contributed by atoms with E-state index in [-0.39, 0.29) is 44.3 Å². The van der Waals surface area contributed by atoms with E-state index in [4.69, 9.17) is 0 Å². The molecule has 9 heteroatoms. The number of hydrogen-bond donors (Lipinski definition) is 1. The summed E-state index contributed by atoms with van der Waals surface area (Å²) in [6.07, 6.45) is -2.85. The minimum atomic E-state index is -4.90. The molecule has 0 spiro atoms. The van der Waals surface area contributed by atoms with Crippen molar-refractivity contribution in [2.75, 3.05) is 31.1 Å². The van der Waals surface area contributed by atoms with Crippen LogP contribution in [0, 0.1) is 5.92 Å². The van der Waals surface area contributed by atoms with Gasteiger partial charge in [0.1, 0.15) is 0 Å². The molecule has 152 valence electrons. The Bertz CT molecular complexity index is 758. The Labute approximate surface area is 160 Å². The minimum absolute atomic E-state index is 0.121. The third-order valence-electron chi connectivity index (χ3n) is 5.22. The van der Waals surface area contributed by atoms with Gasteiger partial charge in [0.2, 0.25) is 11.8 Å². The van der Waals surface area contributed by atoms with Gasteiger partial charge in [0.05, 0.1) is 6.54 Å². The van der Waals surface area contributed by atoms with E-state index in [1.807, 2.05) is 24.3 Å². The number of carbonyl (C=O) groups is 3. The largest absolute Gasteiger partial charge is 0.471 e. The predicted octanol–water partition coefficient (Wildman–Crippen LogP) is 1.88. The third-order valence-corrected chi connectivity index (χ3v) is 5.22. The fourth-order valence-electron chi connectivity index (χ4n) is 3.72. The first-order valence-electron chi connectivity index (χ1n) is 9.29. The second-order valence-corrected chi connectivity index (χ2v) is 7.06. The Morgan fingerprint density at radius 1 is 1.07 bits per heavy atom. The molecule has 0 atom stereocenters. The normalized spacial score (nSPS) is 17.8. The summed E-state index contributed by atoms with van der Waals surface area (Å²) in [6.45, 7) is 0.187. The summed E-state index contributed by atoms with van der Waals surface area (Å²) in [6, 6.07) is 7.63. The van der Waals surface area contributed by atoms with Crippen LogP contribution in [-0.2, 0) is 20.8 Å². The second kappa shape index (κ2) is 8.20. The first-order chi connectivity index (χ1) is 13.3. The van der Waals surface area contributed by atoms with E-state index in [0.717, 1.165) is 29.0 Å². The zero-order chi connectivity index (χ0) is 20.3. The van der Waals surface area contributed by atoms with Crippen LogP contribution in [0.4, 0.5) is 18.9 Å². The molecule has 1 fully saturated rings. The number of benzene rings is 1. The Hall–Kier alpha value is -2.58. The lowest BCUT2D eigenvalue weighted by atomic mass is 9.96. The molecule has 1 aromatic rings. The molecular formula is C19H22F3N3O3. The van der Waals surface area contributed by atoms with Gasteiger partial charge in [-0.25, -0.2) is 0 Å². The summed E-state index contributed by atoms with van der Waals surface area (Å²) < 4.78 is 37.4. The number of piperidine rings is 1. The highest BCUT2D eigenvalue weighted by atomic mass is 19.4. The molecule has 3 rings (SSSR count). The Morgan fingerprint density at radius 3 is 2.43 bits per heavy atom. The zero-order valence-corrected chi connectivity index (χ0v) is 15.3. The molecule has 3 amide bonds. The van der Waals surface area contributed by atoms with Crippen LogP contribution in [0.25, 0.3) is 0 Å².